The highest BCUT2D eigenvalue weighted by Gasteiger charge is 2.20. The lowest BCUT2D eigenvalue weighted by Crippen LogP contribution is -2.27. The molecule has 0 saturated heterocycles. The number of rotatable bonds is 10. The van der Waals surface area contributed by atoms with Crippen LogP contribution in [0.2, 0.25) is 5.02 Å². The van der Waals surface area contributed by atoms with Gasteiger partial charge in [0.15, 0.2) is 11.6 Å². The first kappa shape index (κ1) is 25.2. The smallest absolute Gasteiger partial charge is 0.241 e. The van der Waals surface area contributed by atoms with Gasteiger partial charge in [0.25, 0.3) is 0 Å². The van der Waals surface area contributed by atoms with Gasteiger partial charge in [0.1, 0.15) is 5.82 Å². The highest BCUT2D eigenvalue weighted by atomic mass is 35.5. The molecule has 0 aliphatic rings. The zero-order chi connectivity index (χ0) is 23.3. The maximum atomic E-state index is 14.3. The normalized spacial score (nSPS) is 13.8. The van der Waals surface area contributed by atoms with E-state index in [1.54, 1.807) is 6.92 Å². The summed E-state index contributed by atoms with van der Waals surface area (Å²) < 4.78 is 53.6. The molecule has 0 fully saturated rings. The van der Waals surface area contributed by atoms with Crippen LogP contribution < -0.4 is 10.0 Å². The Morgan fingerprint density at radius 3 is 2.32 bits per heavy atom. The van der Waals surface area contributed by atoms with Crippen LogP contribution >= 0.6 is 11.6 Å². The van der Waals surface area contributed by atoms with Gasteiger partial charge in [-0.15, -0.1) is 0 Å². The molecule has 0 amide bonds. The molecule has 2 atom stereocenters. The molecule has 3 N–H and O–H groups in total. The Bertz CT molecular complexity index is 1020. The lowest BCUT2D eigenvalue weighted by atomic mass is 9.96. The summed E-state index contributed by atoms with van der Waals surface area (Å²) in [6, 6.07) is 2.29. The van der Waals surface area contributed by atoms with Crippen molar-refractivity contribution in [3.05, 3.63) is 40.2 Å². The molecule has 12 heteroatoms. The van der Waals surface area contributed by atoms with E-state index < -0.39 is 27.6 Å². The molecule has 0 spiro atoms. The molecule has 172 valence electrons. The fraction of sp³-hybridized carbons (Fsp3) is 0.526. The van der Waals surface area contributed by atoms with E-state index in [9.17, 15) is 22.3 Å². The summed E-state index contributed by atoms with van der Waals surface area (Å²) in [5.74, 6) is -2.45. The van der Waals surface area contributed by atoms with Crippen molar-refractivity contribution in [2.45, 2.75) is 45.6 Å². The first-order valence-electron chi connectivity index (χ1n) is 9.63. The molecule has 0 radical (unpaired) electrons. The third kappa shape index (κ3) is 7.51. The van der Waals surface area contributed by atoms with E-state index in [1.165, 1.54) is 12.1 Å². The number of benzene rings is 1. The van der Waals surface area contributed by atoms with Crippen LogP contribution in [0.15, 0.2) is 12.1 Å². The van der Waals surface area contributed by atoms with E-state index >= 15 is 0 Å². The predicted octanol–water partition coefficient (Wildman–Crippen LogP) is 3.34. The predicted molar refractivity (Wildman–Crippen MR) is 116 cm³/mol. The molecule has 1 heterocycles. The Kier molecular flexibility index (Phi) is 8.49. The van der Waals surface area contributed by atoms with Crippen molar-refractivity contribution in [1.82, 2.24) is 15.0 Å². The number of anilines is 2. The van der Waals surface area contributed by atoms with E-state index in [0.29, 0.717) is 6.42 Å². The van der Waals surface area contributed by atoms with Gasteiger partial charge in [-0.2, -0.15) is 15.0 Å². The monoisotopic (exact) mass is 477 g/mol. The van der Waals surface area contributed by atoms with Gasteiger partial charge in [-0.05, 0) is 29.9 Å². The lowest BCUT2D eigenvalue weighted by Gasteiger charge is -2.19. The van der Waals surface area contributed by atoms with Crippen molar-refractivity contribution in [3.63, 3.8) is 0 Å². The molecule has 8 nitrogen and oxygen atoms in total. The van der Waals surface area contributed by atoms with E-state index in [1.807, 2.05) is 13.8 Å². The SMILES string of the molecule is CC(C)C[C@H](CO)Nc1nc(CC(C)c2ccc(Cl)c(F)c2F)nc(NS(C)(=O)=O)n1. The van der Waals surface area contributed by atoms with Crippen LogP contribution in [0.4, 0.5) is 20.7 Å². The number of aliphatic hydroxyl groups is 1. The van der Waals surface area contributed by atoms with Crippen molar-refractivity contribution in [2.75, 3.05) is 22.9 Å². The van der Waals surface area contributed by atoms with Gasteiger partial charge < -0.3 is 10.4 Å². The quantitative estimate of drug-likeness (QED) is 0.449. The summed E-state index contributed by atoms with van der Waals surface area (Å²) in [4.78, 5) is 12.4. The van der Waals surface area contributed by atoms with Crippen molar-refractivity contribution in [3.8, 4) is 0 Å². The second-order valence-electron chi connectivity index (χ2n) is 7.80. The third-order valence-corrected chi connectivity index (χ3v) is 5.20. The van der Waals surface area contributed by atoms with Crippen LogP contribution in [-0.4, -0.2) is 47.4 Å². The molecule has 1 aromatic heterocycles. The molecule has 1 unspecified atom stereocenters. The maximum Gasteiger partial charge on any atom is 0.241 e. The van der Waals surface area contributed by atoms with Gasteiger partial charge in [-0.3, -0.25) is 4.72 Å². The van der Waals surface area contributed by atoms with Gasteiger partial charge in [-0.1, -0.05) is 38.4 Å². The lowest BCUT2D eigenvalue weighted by molar-refractivity contribution is 0.259. The standard InChI is InChI=1S/C19H26ClF2N5O3S/c1-10(2)7-12(9-28)23-18-24-15(25-19(26-18)27-31(4,29)30)8-11(3)13-5-6-14(20)17(22)16(13)21/h5-6,10-12,28H,7-9H2,1-4H3,(H2,23,24,25,26,27)/t11?,12-/m1/s1. The summed E-state index contributed by atoms with van der Waals surface area (Å²) in [7, 11) is -3.67. The van der Waals surface area contributed by atoms with E-state index in [2.05, 4.69) is 25.0 Å². The first-order valence-corrected chi connectivity index (χ1v) is 11.9. The summed E-state index contributed by atoms with van der Waals surface area (Å²) in [5.41, 5.74) is 0.0856. The van der Waals surface area contributed by atoms with Crippen LogP contribution in [-0.2, 0) is 16.4 Å². The Morgan fingerprint density at radius 1 is 1.10 bits per heavy atom. The number of halogens is 3. The van der Waals surface area contributed by atoms with Crippen LogP contribution in [0.3, 0.4) is 0 Å². The number of hydrogen-bond donors (Lipinski definition) is 3. The molecule has 0 bridgehead atoms. The molecule has 1 aromatic carbocycles. The van der Waals surface area contributed by atoms with E-state index in [4.69, 9.17) is 11.6 Å². The van der Waals surface area contributed by atoms with E-state index in [0.717, 1.165) is 6.26 Å². The van der Waals surface area contributed by atoms with Gasteiger partial charge in [0.05, 0.1) is 23.9 Å². The van der Waals surface area contributed by atoms with Crippen molar-refractivity contribution >= 4 is 33.5 Å². The second-order valence-corrected chi connectivity index (χ2v) is 9.95. The number of sulfonamides is 1. The van der Waals surface area contributed by atoms with Crippen LogP contribution in [0, 0.1) is 17.6 Å². The summed E-state index contributed by atoms with van der Waals surface area (Å²) >= 11 is 5.61. The van der Waals surface area contributed by atoms with Crippen molar-refractivity contribution in [2.24, 2.45) is 5.92 Å². The molecule has 0 aliphatic carbocycles. The first-order chi connectivity index (χ1) is 14.4. The van der Waals surface area contributed by atoms with Gasteiger partial charge in [-0.25, -0.2) is 17.2 Å². The second kappa shape index (κ2) is 10.5. The molecule has 0 saturated carbocycles. The minimum Gasteiger partial charge on any atom is -0.394 e. The Balaban J connectivity index is 2.36. The van der Waals surface area contributed by atoms with Crippen LogP contribution in [0.25, 0.3) is 0 Å². The number of aromatic nitrogens is 3. The Labute approximate surface area is 185 Å². The van der Waals surface area contributed by atoms with Gasteiger partial charge >= 0.3 is 0 Å². The fourth-order valence-electron chi connectivity index (χ4n) is 3.02. The Morgan fingerprint density at radius 2 is 1.74 bits per heavy atom. The highest BCUT2D eigenvalue weighted by molar-refractivity contribution is 7.91. The molecular weight excluding hydrogens is 452 g/mol. The molecule has 2 rings (SSSR count). The minimum atomic E-state index is -3.67. The molecule has 2 aromatic rings. The van der Waals surface area contributed by atoms with Gasteiger partial charge in [0.2, 0.25) is 21.9 Å². The van der Waals surface area contributed by atoms with Crippen LogP contribution in [0.1, 0.15) is 44.5 Å². The number of aliphatic hydroxyl groups excluding tert-OH is 1. The van der Waals surface area contributed by atoms with Crippen molar-refractivity contribution < 1.29 is 22.3 Å². The summed E-state index contributed by atoms with van der Waals surface area (Å²) in [6.45, 7) is 5.45. The molecular formula is C19H26ClF2N5O3S. The van der Waals surface area contributed by atoms with E-state index in [-0.39, 0.29) is 53.3 Å². The van der Waals surface area contributed by atoms with Gasteiger partial charge in [0, 0.05) is 6.42 Å². The highest BCUT2D eigenvalue weighted by Crippen LogP contribution is 2.28. The summed E-state index contributed by atoms with van der Waals surface area (Å²) in [6.07, 6.45) is 1.65. The largest absolute Gasteiger partial charge is 0.394 e. The number of hydrogen-bond acceptors (Lipinski definition) is 7. The average molecular weight is 478 g/mol. The number of nitrogens with one attached hydrogen (secondary N) is 2. The maximum absolute atomic E-state index is 14.3. The molecule has 0 aliphatic heterocycles. The van der Waals surface area contributed by atoms with Crippen molar-refractivity contribution in [1.29, 1.82) is 0 Å². The third-order valence-electron chi connectivity index (χ3n) is 4.35. The zero-order valence-corrected chi connectivity index (χ0v) is 19.2. The minimum absolute atomic E-state index is 0.0609. The fourth-order valence-corrected chi connectivity index (χ4v) is 3.59. The average Bonchev–Trinajstić information content (AvgIpc) is 2.63. The topological polar surface area (TPSA) is 117 Å². The number of nitrogens with zero attached hydrogens (tertiary/aromatic N) is 3. The Hall–Kier alpha value is -2.11. The van der Waals surface area contributed by atoms with Crippen LogP contribution in [0.5, 0.6) is 0 Å². The molecule has 31 heavy (non-hydrogen) atoms. The zero-order valence-electron chi connectivity index (χ0n) is 17.7. The summed E-state index contributed by atoms with van der Waals surface area (Å²) in [5, 5.41) is 12.3.